The zero-order chi connectivity index (χ0) is 10.4. The molecule has 2 nitrogen and oxygen atoms in total. The molecule has 0 aromatic heterocycles. The fourth-order valence-electron chi connectivity index (χ4n) is 1.06. The number of carbonyl (C=O) groups excluding carboxylic acids is 1. The van der Waals surface area contributed by atoms with Crippen LogP contribution in [0.15, 0.2) is 35.2 Å². The van der Waals surface area contributed by atoms with Crippen LogP contribution in [-0.2, 0) is 4.79 Å². The summed E-state index contributed by atoms with van der Waals surface area (Å²) in [7, 11) is 0. The highest BCUT2D eigenvalue weighted by molar-refractivity contribution is 8.00. The zero-order valence-corrected chi connectivity index (χ0v) is 9.30. The van der Waals surface area contributed by atoms with Gasteiger partial charge in [0.2, 0.25) is 5.91 Å². The molecule has 14 heavy (non-hydrogen) atoms. The van der Waals surface area contributed by atoms with Crippen molar-refractivity contribution in [2.75, 3.05) is 6.54 Å². The van der Waals surface area contributed by atoms with E-state index in [1.807, 2.05) is 18.2 Å². The topological polar surface area (TPSA) is 29.1 Å². The Bertz CT molecular complexity index is 287. The Morgan fingerprint density at radius 3 is 2.64 bits per heavy atom. The Morgan fingerprint density at radius 1 is 1.43 bits per heavy atom. The molecule has 0 aliphatic carbocycles. The van der Waals surface area contributed by atoms with Gasteiger partial charge in [-0.3, -0.25) is 4.79 Å². The van der Waals surface area contributed by atoms with Crippen LogP contribution in [0.5, 0.6) is 0 Å². The second kappa shape index (κ2) is 5.70. The number of hydrogen-bond donors (Lipinski definition) is 1. The van der Waals surface area contributed by atoms with Gasteiger partial charge < -0.3 is 5.32 Å². The van der Waals surface area contributed by atoms with Crippen LogP contribution in [0.25, 0.3) is 0 Å². The molecule has 0 aliphatic rings. The maximum atomic E-state index is 10.7. The van der Waals surface area contributed by atoms with Gasteiger partial charge >= 0.3 is 0 Å². The van der Waals surface area contributed by atoms with Crippen LogP contribution in [-0.4, -0.2) is 17.7 Å². The van der Waals surface area contributed by atoms with Crippen LogP contribution >= 0.6 is 11.8 Å². The van der Waals surface area contributed by atoms with Crippen molar-refractivity contribution in [3.63, 3.8) is 0 Å². The highest BCUT2D eigenvalue weighted by Crippen LogP contribution is 2.21. The third-order valence-corrected chi connectivity index (χ3v) is 2.83. The third-order valence-electron chi connectivity index (χ3n) is 1.72. The number of hydrogen-bond acceptors (Lipinski definition) is 2. The largest absolute Gasteiger partial charge is 0.355 e. The lowest BCUT2D eigenvalue weighted by Gasteiger charge is -2.10. The first-order chi connectivity index (χ1) is 6.68. The van der Waals surface area contributed by atoms with Crippen LogP contribution < -0.4 is 5.32 Å². The smallest absolute Gasteiger partial charge is 0.216 e. The van der Waals surface area contributed by atoms with Gasteiger partial charge in [-0.25, -0.2) is 0 Å². The molecule has 1 unspecified atom stereocenters. The molecule has 0 radical (unpaired) electrons. The molecule has 76 valence electrons. The maximum Gasteiger partial charge on any atom is 0.216 e. The molecule has 0 saturated carbocycles. The number of thioether (sulfide) groups is 1. The SMILES string of the molecule is CC(=O)NCC(C)Sc1ccccc1. The average molecular weight is 209 g/mol. The number of rotatable bonds is 4. The van der Waals surface area contributed by atoms with Crippen molar-refractivity contribution < 1.29 is 4.79 Å². The van der Waals surface area contributed by atoms with Gasteiger partial charge in [0.05, 0.1) is 0 Å². The Kier molecular flexibility index (Phi) is 4.53. The number of benzene rings is 1. The van der Waals surface area contributed by atoms with Crippen molar-refractivity contribution in [1.82, 2.24) is 5.32 Å². The first-order valence-electron chi connectivity index (χ1n) is 4.64. The first-order valence-corrected chi connectivity index (χ1v) is 5.52. The fourth-order valence-corrected chi connectivity index (χ4v) is 2.01. The van der Waals surface area contributed by atoms with E-state index in [1.54, 1.807) is 18.7 Å². The molecule has 0 spiro atoms. The van der Waals surface area contributed by atoms with E-state index >= 15 is 0 Å². The normalized spacial score (nSPS) is 12.1. The van der Waals surface area contributed by atoms with E-state index in [4.69, 9.17) is 0 Å². The molecule has 0 bridgehead atoms. The predicted octanol–water partition coefficient (Wildman–Crippen LogP) is 2.30. The van der Waals surface area contributed by atoms with E-state index in [0.29, 0.717) is 5.25 Å². The number of carbonyl (C=O) groups is 1. The summed E-state index contributed by atoms with van der Waals surface area (Å²) >= 11 is 1.77. The lowest BCUT2D eigenvalue weighted by atomic mass is 10.4. The zero-order valence-electron chi connectivity index (χ0n) is 8.49. The summed E-state index contributed by atoms with van der Waals surface area (Å²) in [5, 5.41) is 3.21. The molecule has 0 fully saturated rings. The quantitative estimate of drug-likeness (QED) is 0.771. The minimum Gasteiger partial charge on any atom is -0.355 e. The lowest BCUT2D eigenvalue weighted by Crippen LogP contribution is -2.26. The molecule has 1 N–H and O–H groups in total. The van der Waals surface area contributed by atoms with Crippen LogP contribution in [0.3, 0.4) is 0 Å². The summed E-state index contributed by atoms with van der Waals surface area (Å²) < 4.78 is 0. The van der Waals surface area contributed by atoms with E-state index in [1.165, 1.54) is 4.90 Å². The van der Waals surface area contributed by atoms with Crippen LogP contribution in [0.2, 0.25) is 0 Å². The van der Waals surface area contributed by atoms with Gasteiger partial charge in [0.1, 0.15) is 0 Å². The summed E-state index contributed by atoms with van der Waals surface area (Å²) in [6, 6.07) is 10.2. The molecule has 0 aliphatic heterocycles. The highest BCUT2D eigenvalue weighted by Gasteiger charge is 2.03. The third kappa shape index (κ3) is 4.33. The summed E-state index contributed by atoms with van der Waals surface area (Å²) in [5.41, 5.74) is 0. The summed E-state index contributed by atoms with van der Waals surface area (Å²) in [5.74, 6) is 0.0329. The molecular formula is C11H15NOS. The van der Waals surface area contributed by atoms with E-state index < -0.39 is 0 Å². The van der Waals surface area contributed by atoms with Gasteiger partial charge in [0, 0.05) is 23.6 Å². The second-order valence-corrected chi connectivity index (χ2v) is 4.69. The maximum absolute atomic E-state index is 10.7. The molecule has 1 aromatic carbocycles. The van der Waals surface area contributed by atoms with Crippen LogP contribution in [0, 0.1) is 0 Å². The second-order valence-electron chi connectivity index (χ2n) is 3.18. The summed E-state index contributed by atoms with van der Waals surface area (Å²) in [6.45, 7) is 4.36. The first kappa shape index (κ1) is 11.1. The van der Waals surface area contributed by atoms with Crippen molar-refractivity contribution in [2.24, 2.45) is 0 Å². The molecule has 1 aromatic rings. The van der Waals surface area contributed by atoms with Gasteiger partial charge in [-0.05, 0) is 12.1 Å². The van der Waals surface area contributed by atoms with Crippen molar-refractivity contribution in [1.29, 1.82) is 0 Å². The van der Waals surface area contributed by atoms with E-state index in [0.717, 1.165) is 6.54 Å². The molecule has 0 saturated heterocycles. The number of amides is 1. The summed E-state index contributed by atoms with van der Waals surface area (Å²) in [4.78, 5) is 11.9. The fraction of sp³-hybridized carbons (Fsp3) is 0.364. The number of nitrogens with one attached hydrogen (secondary N) is 1. The van der Waals surface area contributed by atoms with Gasteiger partial charge in [-0.1, -0.05) is 25.1 Å². The standard InChI is InChI=1S/C11H15NOS/c1-9(8-12-10(2)13)14-11-6-4-3-5-7-11/h3-7,9H,8H2,1-2H3,(H,12,13). The molecule has 1 amide bonds. The Hall–Kier alpha value is -0.960. The van der Waals surface area contributed by atoms with Crippen LogP contribution in [0.1, 0.15) is 13.8 Å². The van der Waals surface area contributed by atoms with Gasteiger partial charge in [-0.15, -0.1) is 11.8 Å². The molecule has 1 atom stereocenters. The van der Waals surface area contributed by atoms with Crippen LogP contribution in [0.4, 0.5) is 0 Å². The van der Waals surface area contributed by atoms with Gasteiger partial charge in [0.25, 0.3) is 0 Å². The van der Waals surface area contributed by atoms with Crippen molar-refractivity contribution in [2.45, 2.75) is 24.0 Å². The van der Waals surface area contributed by atoms with Crippen molar-refractivity contribution in [3.8, 4) is 0 Å². The predicted molar refractivity (Wildman–Crippen MR) is 60.4 cm³/mol. The van der Waals surface area contributed by atoms with Gasteiger partial charge in [0.15, 0.2) is 0 Å². The Labute approximate surface area is 89.1 Å². The van der Waals surface area contributed by atoms with Crippen molar-refractivity contribution >= 4 is 17.7 Å². The monoisotopic (exact) mass is 209 g/mol. The molecule has 3 heteroatoms. The van der Waals surface area contributed by atoms with E-state index in [-0.39, 0.29) is 5.91 Å². The van der Waals surface area contributed by atoms with E-state index in [2.05, 4.69) is 24.4 Å². The molecule has 0 heterocycles. The highest BCUT2D eigenvalue weighted by atomic mass is 32.2. The lowest BCUT2D eigenvalue weighted by molar-refractivity contribution is -0.118. The average Bonchev–Trinajstić information content (AvgIpc) is 2.16. The Balaban J connectivity index is 2.34. The Morgan fingerprint density at radius 2 is 2.07 bits per heavy atom. The molecule has 1 rings (SSSR count). The van der Waals surface area contributed by atoms with Crippen molar-refractivity contribution in [3.05, 3.63) is 30.3 Å². The molecular weight excluding hydrogens is 194 g/mol. The van der Waals surface area contributed by atoms with Gasteiger partial charge in [-0.2, -0.15) is 0 Å². The van der Waals surface area contributed by atoms with E-state index in [9.17, 15) is 4.79 Å². The summed E-state index contributed by atoms with van der Waals surface area (Å²) in [6.07, 6.45) is 0. The minimum absolute atomic E-state index is 0.0329. The minimum atomic E-state index is 0.0329.